The van der Waals surface area contributed by atoms with E-state index < -0.39 is 0 Å². The lowest BCUT2D eigenvalue weighted by molar-refractivity contribution is 0.423. The molecule has 0 aromatic heterocycles. The van der Waals surface area contributed by atoms with Crippen LogP contribution in [0.5, 0.6) is 0 Å². The molecular formula is C8H17NS. The molecule has 2 heteroatoms. The van der Waals surface area contributed by atoms with E-state index in [1.54, 1.807) is 0 Å². The molecular weight excluding hydrogens is 142 g/mol. The Labute approximate surface area is 68.1 Å². The molecule has 0 bridgehead atoms. The molecule has 1 fully saturated rings. The molecule has 1 N–H and O–H groups in total. The Morgan fingerprint density at radius 1 is 1.30 bits per heavy atom. The van der Waals surface area contributed by atoms with Gasteiger partial charge in [-0.2, -0.15) is 0 Å². The van der Waals surface area contributed by atoms with E-state index in [0.717, 1.165) is 6.04 Å². The van der Waals surface area contributed by atoms with E-state index in [1.165, 1.54) is 37.9 Å². The van der Waals surface area contributed by atoms with Crippen molar-refractivity contribution in [1.29, 1.82) is 0 Å². The highest BCUT2D eigenvalue weighted by Crippen LogP contribution is 2.18. The first kappa shape index (κ1) is 8.41. The van der Waals surface area contributed by atoms with Crippen molar-refractivity contribution in [2.24, 2.45) is 0 Å². The van der Waals surface area contributed by atoms with E-state index in [0.29, 0.717) is 0 Å². The normalized spacial score (nSPS) is 21.3. The Bertz CT molecular complexity index is 79.3. The monoisotopic (exact) mass is 159 g/mol. The van der Waals surface area contributed by atoms with Crippen molar-refractivity contribution < 1.29 is 0 Å². The summed E-state index contributed by atoms with van der Waals surface area (Å²) < 4.78 is 3.49. The molecule has 1 saturated carbocycles. The first-order valence-electron chi connectivity index (χ1n) is 4.31. The fraction of sp³-hybridized carbons (Fsp3) is 1.00. The van der Waals surface area contributed by atoms with Gasteiger partial charge < -0.3 is 0 Å². The number of rotatable bonds is 3. The van der Waals surface area contributed by atoms with Crippen LogP contribution in [-0.2, 0) is 0 Å². The lowest BCUT2D eigenvalue weighted by Crippen LogP contribution is -2.25. The quantitative estimate of drug-likeness (QED) is 0.635. The van der Waals surface area contributed by atoms with Gasteiger partial charge >= 0.3 is 0 Å². The molecule has 0 amide bonds. The zero-order valence-electron chi connectivity index (χ0n) is 6.73. The van der Waals surface area contributed by atoms with Crippen molar-refractivity contribution in [3.63, 3.8) is 0 Å². The van der Waals surface area contributed by atoms with Crippen LogP contribution >= 0.6 is 11.9 Å². The van der Waals surface area contributed by atoms with Gasteiger partial charge in [0.05, 0.1) is 0 Å². The minimum atomic E-state index is 0.818. The molecule has 0 aromatic carbocycles. The molecule has 0 spiro atoms. The molecule has 1 aliphatic carbocycles. The third kappa shape index (κ3) is 2.93. The van der Waals surface area contributed by atoms with Gasteiger partial charge in [-0.3, -0.25) is 4.72 Å². The summed E-state index contributed by atoms with van der Waals surface area (Å²) in [6, 6.07) is 0.818. The first-order chi connectivity index (χ1) is 4.93. The number of nitrogens with one attached hydrogen (secondary N) is 1. The molecule has 1 nitrogen and oxygen atoms in total. The first-order valence-corrected chi connectivity index (χ1v) is 5.29. The Morgan fingerprint density at radius 2 is 2.00 bits per heavy atom. The summed E-state index contributed by atoms with van der Waals surface area (Å²) in [7, 11) is 0. The summed E-state index contributed by atoms with van der Waals surface area (Å²) in [4.78, 5) is 0. The average Bonchev–Trinajstić information content (AvgIpc) is 2.03. The van der Waals surface area contributed by atoms with Crippen LogP contribution in [0.15, 0.2) is 0 Å². The summed E-state index contributed by atoms with van der Waals surface area (Å²) in [5.74, 6) is 1.19. The summed E-state index contributed by atoms with van der Waals surface area (Å²) >= 11 is 1.86. The Hall–Kier alpha value is 0.310. The van der Waals surface area contributed by atoms with Crippen LogP contribution in [0.25, 0.3) is 0 Å². The Morgan fingerprint density at radius 3 is 2.60 bits per heavy atom. The van der Waals surface area contributed by atoms with Crippen molar-refractivity contribution in [1.82, 2.24) is 4.72 Å². The second kappa shape index (κ2) is 5.03. The molecule has 0 unspecified atom stereocenters. The molecule has 60 valence electrons. The van der Waals surface area contributed by atoms with E-state index in [4.69, 9.17) is 0 Å². The van der Waals surface area contributed by atoms with Crippen molar-refractivity contribution in [3.8, 4) is 0 Å². The van der Waals surface area contributed by atoms with Crippen molar-refractivity contribution >= 4 is 11.9 Å². The van der Waals surface area contributed by atoms with E-state index in [1.807, 2.05) is 11.9 Å². The maximum absolute atomic E-state index is 3.49. The van der Waals surface area contributed by atoms with Gasteiger partial charge in [0, 0.05) is 11.8 Å². The van der Waals surface area contributed by atoms with Crippen LogP contribution in [0, 0.1) is 0 Å². The lowest BCUT2D eigenvalue weighted by atomic mass is 9.96. The Balaban J connectivity index is 2.02. The largest absolute Gasteiger partial charge is 0.261 e. The van der Waals surface area contributed by atoms with Crippen molar-refractivity contribution in [2.75, 3.05) is 5.75 Å². The zero-order valence-corrected chi connectivity index (χ0v) is 7.54. The molecule has 1 rings (SSSR count). The second-order valence-corrected chi connectivity index (χ2v) is 3.99. The molecule has 0 atom stereocenters. The SMILES string of the molecule is CCSNC1CCCCC1. The van der Waals surface area contributed by atoms with Crippen LogP contribution in [0.3, 0.4) is 0 Å². The highest BCUT2D eigenvalue weighted by molar-refractivity contribution is 7.97. The second-order valence-electron chi connectivity index (χ2n) is 2.89. The predicted molar refractivity (Wildman–Crippen MR) is 48.1 cm³/mol. The maximum atomic E-state index is 3.49. The smallest absolute Gasteiger partial charge is 0.0171 e. The summed E-state index contributed by atoms with van der Waals surface area (Å²) in [5.41, 5.74) is 0. The zero-order chi connectivity index (χ0) is 7.23. The highest BCUT2D eigenvalue weighted by atomic mass is 32.2. The maximum Gasteiger partial charge on any atom is 0.0171 e. The topological polar surface area (TPSA) is 12.0 Å². The highest BCUT2D eigenvalue weighted by Gasteiger charge is 2.11. The summed E-state index contributed by atoms with van der Waals surface area (Å²) in [6.07, 6.45) is 7.11. The minimum Gasteiger partial charge on any atom is -0.261 e. The Kier molecular flexibility index (Phi) is 4.23. The van der Waals surface area contributed by atoms with E-state index >= 15 is 0 Å². The van der Waals surface area contributed by atoms with Crippen molar-refractivity contribution in [2.45, 2.75) is 45.1 Å². The van der Waals surface area contributed by atoms with E-state index in [9.17, 15) is 0 Å². The van der Waals surface area contributed by atoms with E-state index in [-0.39, 0.29) is 0 Å². The van der Waals surface area contributed by atoms with Crippen LogP contribution in [0.2, 0.25) is 0 Å². The van der Waals surface area contributed by atoms with Gasteiger partial charge in [0.1, 0.15) is 0 Å². The van der Waals surface area contributed by atoms with Gasteiger partial charge in [-0.15, -0.1) is 0 Å². The molecule has 0 heterocycles. The standard InChI is InChI=1S/C8H17NS/c1-2-10-9-8-6-4-3-5-7-8/h8-9H,2-7H2,1H3. The summed E-state index contributed by atoms with van der Waals surface area (Å²) in [5, 5.41) is 0. The van der Waals surface area contributed by atoms with Gasteiger partial charge in [0.2, 0.25) is 0 Å². The van der Waals surface area contributed by atoms with Gasteiger partial charge in [-0.25, -0.2) is 0 Å². The van der Waals surface area contributed by atoms with Crippen LogP contribution < -0.4 is 4.72 Å². The third-order valence-electron chi connectivity index (χ3n) is 2.00. The van der Waals surface area contributed by atoms with Gasteiger partial charge in [-0.1, -0.05) is 38.1 Å². The number of hydrogen-bond donors (Lipinski definition) is 1. The molecule has 0 saturated heterocycles. The third-order valence-corrected chi connectivity index (χ3v) is 2.79. The van der Waals surface area contributed by atoms with Crippen LogP contribution in [0.4, 0.5) is 0 Å². The van der Waals surface area contributed by atoms with Gasteiger partial charge in [-0.05, 0) is 12.8 Å². The fourth-order valence-electron chi connectivity index (χ4n) is 1.42. The molecule has 0 radical (unpaired) electrons. The molecule has 10 heavy (non-hydrogen) atoms. The molecule has 0 aliphatic heterocycles. The minimum absolute atomic E-state index is 0.818. The molecule has 0 aromatic rings. The van der Waals surface area contributed by atoms with Gasteiger partial charge in [0.15, 0.2) is 0 Å². The van der Waals surface area contributed by atoms with Crippen LogP contribution in [-0.4, -0.2) is 11.8 Å². The van der Waals surface area contributed by atoms with Gasteiger partial charge in [0.25, 0.3) is 0 Å². The summed E-state index contributed by atoms with van der Waals surface area (Å²) in [6.45, 7) is 2.19. The fourth-order valence-corrected chi connectivity index (χ4v) is 2.06. The average molecular weight is 159 g/mol. The van der Waals surface area contributed by atoms with Crippen molar-refractivity contribution in [3.05, 3.63) is 0 Å². The predicted octanol–water partition coefficient (Wildman–Crippen LogP) is 2.58. The van der Waals surface area contributed by atoms with Crippen LogP contribution in [0.1, 0.15) is 39.0 Å². The number of hydrogen-bond acceptors (Lipinski definition) is 2. The molecule has 1 aliphatic rings. The van der Waals surface area contributed by atoms with E-state index in [2.05, 4.69) is 11.6 Å². The lowest BCUT2D eigenvalue weighted by Gasteiger charge is -2.21.